The molecule has 2 saturated heterocycles. The summed E-state index contributed by atoms with van der Waals surface area (Å²) in [4.78, 5) is 19.8. The number of benzene rings is 1. The lowest BCUT2D eigenvalue weighted by Crippen LogP contribution is -2.42. The first-order valence-electron chi connectivity index (χ1n) is 10.8. The monoisotopic (exact) mass is 443 g/mol. The van der Waals surface area contributed by atoms with Crippen molar-refractivity contribution in [3.05, 3.63) is 58.9 Å². The van der Waals surface area contributed by atoms with E-state index >= 15 is 0 Å². The van der Waals surface area contributed by atoms with Gasteiger partial charge in [0, 0.05) is 38.3 Å². The van der Waals surface area contributed by atoms with Gasteiger partial charge in [0.2, 0.25) is 10.0 Å². The summed E-state index contributed by atoms with van der Waals surface area (Å²) in [6.07, 6.45) is 3.22. The third-order valence-corrected chi connectivity index (χ3v) is 8.12. The number of aryl methyl sites for hydroxylation is 2. The van der Waals surface area contributed by atoms with Crippen LogP contribution in [0.2, 0.25) is 0 Å². The molecular formula is C23H29N3O4S. The second kappa shape index (κ2) is 9.06. The zero-order chi connectivity index (χ0) is 22.0. The largest absolute Gasteiger partial charge is 0.378 e. The predicted octanol–water partition coefficient (Wildman–Crippen LogP) is 2.74. The molecule has 8 heteroatoms. The lowest BCUT2D eigenvalue weighted by atomic mass is 9.92. The van der Waals surface area contributed by atoms with Crippen LogP contribution >= 0.6 is 0 Å². The summed E-state index contributed by atoms with van der Waals surface area (Å²) in [5, 5.41) is 0. The molecule has 1 amide bonds. The van der Waals surface area contributed by atoms with Crippen LogP contribution in [0.25, 0.3) is 0 Å². The van der Waals surface area contributed by atoms with E-state index in [0.29, 0.717) is 55.5 Å². The molecule has 0 aliphatic carbocycles. The topological polar surface area (TPSA) is 79.8 Å². The van der Waals surface area contributed by atoms with Crippen LogP contribution in [-0.2, 0) is 14.8 Å². The van der Waals surface area contributed by atoms with Gasteiger partial charge in [0.25, 0.3) is 5.91 Å². The highest BCUT2D eigenvalue weighted by Crippen LogP contribution is 2.32. The molecule has 0 N–H and O–H groups in total. The maximum Gasteiger partial charge on any atom is 0.255 e. The molecule has 2 aliphatic rings. The maximum atomic E-state index is 13.3. The minimum atomic E-state index is -3.60. The van der Waals surface area contributed by atoms with Gasteiger partial charge < -0.3 is 9.64 Å². The van der Waals surface area contributed by atoms with Crippen molar-refractivity contribution in [1.82, 2.24) is 14.2 Å². The molecule has 31 heavy (non-hydrogen) atoms. The van der Waals surface area contributed by atoms with E-state index < -0.39 is 10.0 Å². The van der Waals surface area contributed by atoms with Crippen LogP contribution in [0.4, 0.5) is 0 Å². The first kappa shape index (κ1) is 21.9. The van der Waals surface area contributed by atoms with Gasteiger partial charge in [-0.1, -0.05) is 6.07 Å². The van der Waals surface area contributed by atoms with Crippen molar-refractivity contribution in [2.24, 2.45) is 0 Å². The van der Waals surface area contributed by atoms with Crippen molar-refractivity contribution >= 4 is 15.9 Å². The SMILES string of the molecule is Cc1ccc(S(=O)(=O)N2CCC[C@@H](c3ncccc3C(=O)N3CCOCC3)C2)cc1C. The van der Waals surface area contributed by atoms with Gasteiger partial charge in [-0.15, -0.1) is 0 Å². The van der Waals surface area contributed by atoms with Gasteiger partial charge in [-0.25, -0.2) is 8.42 Å². The normalized spacial score (nSPS) is 20.6. The molecule has 2 fully saturated rings. The number of morpholine rings is 1. The number of ether oxygens (including phenoxy) is 1. The Morgan fingerprint density at radius 3 is 2.61 bits per heavy atom. The van der Waals surface area contributed by atoms with Crippen LogP contribution in [0.1, 0.15) is 45.9 Å². The third-order valence-electron chi connectivity index (χ3n) is 6.25. The number of hydrogen-bond acceptors (Lipinski definition) is 5. The van der Waals surface area contributed by atoms with Crippen LogP contribution in [0.15, 0.2) is 41.4 Å². The van der Waals surface area contributed by atoms with Crippen molar-refractivity contribution in [3.8, 4) is 0 Å². The Labute approximate surface area is 184 Å². The molecule has 3 heterocycles. The number of amides is 1. The van der Waals surface area contributed by atoms with Gasteiger partial charge in [0.05, 0.1) is 29.4 Å². The summed E-state index contributed by atoms with van der Waals surface area (Å²) in [6, 6.07) is 8.83. The Balaban J connectivity index is 1.59. The Morgan fingerprint density at radius 2 is 1.87 bits per heavy atom. The smallest absolute Gasteiger partial charge is 0.255 e. The second-order valence-corrected chi connectivity index (χ2v) is 10.2. The molecule has 7 nitrogen and oxygen atoms in total. The molecule has 0 unspecified atom stereocenters. The van der Waals surface area contributed by atoms with E-state index in [1.54, 1.807) is 39.7 Å². The van der Waals surface area contributed by atoms with E-state index in [9.17, 15) is 13.2 Å². The highest BCUT2D eigenvalue weighted by Gasteiger charge is 2.34. The average molecular weight is 444 g/mol. The van der Waals surface area contributed by atoms with E-state index in [-0.39, 0.29) is 11.8 Å². The van der Waals surface area contributed by atoms with Gasteiger partial charge >= 0.3 is 0 Å². The Morgan fingerprint density at radius 1 is 1.10 bits per heavy atom. The van der Waals surface area contributed by atoms with Crippen LogP contribution < -0.4 is 0 Å². The van der Waals surface area contributed by atoms with Crippen LogP contribution in [0.5, 0.6) is 0 Å². The quantitative estimate of drug-likeness (QED) is 0.726. The molecule has 0 radical (unpaired) electrons. The predicted molar refractivity (Wildman–Crippen MR) is 118 cm³/mol. The number of carbonyl (C=O) groups is 1. The van der Waals surface area contributed by atoms with E-state index in [1.165, 1.54) is 0 Å². The molecule has 2 aliphatic heterocycles. The van der Waals surface area contributed by atoms with Gasteiger partial charge in [0.1, 0.15) is 0 Å². The third kappa shape index (κ3) is 4.51. The molecule has 0 spiro atoms. The fourth-order valence-electron chi connectivity index (χ4n) is 4.27. The number of piperidine rings is 1. The van der Waals surface area contributed by atoms with Crippen molar-refractivity contribution in [2.75, 3.05) is 39.4 Å². The summed E-state index contributed by atoms with van der Waals surface area (Å²) in [5.74, 6) is -0.170. The van der Waals surface area contributed by atoms with Crippen molar-refractivity contribution in [3.63, 3.8) is 0 Å². The molecule has 4 rings (SSSR count). The summed E-state index contributed by atoms with van der Waals surface area (Å²) in [6.45, 7) is 6.89. The highest BCUT2D eigenvalue weighted by atomic mass is 32.2. The minimum absolute atomic E-state index is 0.0551. The van der Waals surface area contributed by atoms with E-state index in [1.807, 2.05) is 19.9 Å². The Kier molecular flexibility index (Phi) is 6.41. The van der Waals surface area contributed by atoms with Crippen molar-refractivity contribution in [1.29, 1.82) is 0 Å². The molecule has 0 saturated carbocycles. The van der Waals surface area contributed by atoms with E-state index in [4.69, 9.17) is 4.74 Å². The zero-order valence-electron chi connectivity index (χ0n) is 18.1. The van der Waals surface area contributed by atoms with Gasteiger partial charge in [-0.3, -0.25) is 9.78 Å². The van der Waals surface area contributed by atoms with E-state index in [2.05, 4.69) is 4.98 Å². The number of aromatic nitrogens is 1. The summed E-state index contributed by atoms with van der Waals surface area (Å²) in [7, 11) is -3.60. The molecule has 166 valence electrons. The van der Waals surface area contributed by atoms with Crippen LogP contribution in [0, 0.1) is 13.8 Å². The highest BCUT2D eigenvalue weighted by molar-refractivity contribution is 7.89. The molecule has 0 bridgehead atoms. The Hall–Kier alpha value is -2.29. The lowest BCUT2D eigenvalue weighted by molar-refractivity contribution is 0.0301. The van der Waals surface area contributed by atoms with E-state index in [0.717, 1.165) is 24.0 Å². The van der Waals surface area contributed by atoms with Gasteiger partial charge in [0.15, 0.2) is 0 Å². The molecule has 2 aromatic rings. The number of carbonyl (C=O) groups excluding carboxylic acids is 1. The first-order chi connectivity index (χ1) is 14.9. The van der Waals surface area contributed by atoms with Crippen LogP contribution in [0.3, 0.4) is 0 Å². The number of rotatable bonds is 4. The zero-order valence-corrected chi connectivity index (χ0v) is 18.9. The number of hydrogen-bond donors (Lipinski definition) is 0. The Bertz CT molecular complexity index is 1060. The maximum absolute atomic E-state index is 13.3. The minimum Gasteiger partial charge on any atom is -0.378 e. The number of pyridine rings is 1. The lowest BCUT2D eigenvalue weighted by Gasteiger charge is -2.33. The van der Waals surface area contributed by atoms with Crippen LogP contribution in [-0.4, -0.2) is 67.9 Å². The second-order valence-electron chi connectivity index (χ2n) is 8.29. The standard InChI is InChI=1S/C23H29N3O4S/c1-17-7-8-20(15-18(17)2)31(28,29)26-10-4-5-19(16-26)22-21(6-3-9-24-22)23(27)25-11-13-30-14-12-25/h3,6-9,15,19H,4-5,10-14,16H2,1-2H3/t19-/m1/s1. The molecule has 1 atom stereocenters. The molecule has 1 aromatic heterocycles. The van der Waals surface area contributed by atoms with Crippen molar-refractivity contribution in [2.45, 2.75) is 37.5 Å². The van der Waals surface area contributed by atoms with Crippen molar-refractivity contribution < 1.29 is 17.9 Å². The number of sulfonamides is 1. The summed E-state index contributed by atoms with van der Waals surface area (Å²) < 4.78 is 33.5. The van der Waals surface area contributed by atoms with Gasteiger partial charge in [-0.05, 0) is 62.1 Å². The molecule has 1 aromatic carbocycles. The first-order valence-corrected chi connectivity index (χ1v) is 12.2. The fraction of sp³-hybridized carbons (Fsp3) is 0.478. The van der Waals surface area contributed by atoms with Gasteiger partial charge in [-0.2, -0.15) is 4.31 Å². The fourth-order valence-corrected chi connectivity index (χ4v) is 5.88. The summed E-state index contributed by atoms with van der Waals surface area (Å²) >= 11 is 0. The summed E-state index contributed by atoms with van der Waals surface area (Å²) in [5.41, 5.74) is 3.28. The molecular weight excluding hydrogens is 414 g/mol. The number of nitrogens with zero attached hydrogens (tertiary/aromatic N) is 3. The average Bonchev–Trinajstić information content (AvgIpc) is 2.81.